The van der Waals surface area contributed by atoms with Crippen molar-refractivity contribution in [1.82, 2.24) is 10.4 Å². The number of nitrogens with one attached hydrogen (secondary N) is 1. The third kappa shape index (κ3) is 3.39. The second kappa shape index (κ2) is 4.06. The van der Waals surface area contributed by atoms with Crippen LogP contribution in [0.3, 0.4) is 0 Å². The summed E-state index contributed by atoms with van der Waals surface area (Å²) in [7, 11) is 1.50. The average Bonchev–Trinajstić information content (AvgIpc) is 2.32. The van der Waals surface area contributed by atoms with Crippen LogP contribution in [0.15, 0.2) is 0 Å². The van der Waals surface area contributed by atoms with Crippen LogP contribution in [0.5, 0.6) is 0 Å². The van der Waals surface area contributed by atoms with E-state index in [1.165, 1.54) is 7.05 Å². The van der Waals surface area contributed by atoms with E-state index in [9.17, 15) is 9.59 Å². The molecule has 1 heterocycles. The van der Waals surface area contributed by atoms with Crippen molar-refractivity contribution in [3.05, 3.63) is 0 Å². The molecular formula is C9H16N2O4. The summed E-state index contributed by atoms with van der Waals surface area (Å²) in [5, 5.41) is 3.54. The summed E-state index contributed by atoms with van der Waals surface area (Å²) in [6.45, 7) is 5.41. The number of likely N-dealkylation sites (N-methyl/N-ethyl adjacent to an activating group) is 1. The van der Waals surface area contributed by atoms with Crippen LogP contribution in [0.2, 0.25) is 0 Å². The highest BCUT2D eigenvalue weighted by Crippen LogP contribution is 2.09. The molecule has 2 amide bonds. The lowest BCUT2D eigenvalue weighted by molar-refractivity contribution is -0.154. The Morgan fingerprint density at radius 3 is 2.60 bits per heavy atom. The van der Waals surface area contributed by atoms with Crippen LogP contribution in [0.1, 0.15) is 20.8 Å². The van der Waals surface area contributed by atoms with Gasteiger partial charge in [0.1, 0.15) is 18.2 Å². The highest BCUT2D eigenvalue weighted by Gasteiger charge is 2.33. The van der Waals surface area contributed by atoms with Crippen LogP contribution < -0.4 is 5.32 Å². The molecule has 0 aromatic heterocycles. The summed E-state index contributed by atoms with van der Waals surface area (Å²) in [5.41, 5.74) is -0.571. The lowest BCUT2D eigenvalue weighted by atomic mass is 10.2. The van der Waals surface area contributed by atoms with Crippen molar-refractivity contribution in [2.24, 2.45) is 0 Å². The Hall–Kier alpha value is -1.30. The Morgan fingerprint density at radius 2 is 2.20 bits per heavy atom. The molecule has 0 aromatic carbocycles. The third-order valence-corrected chi connectivity index (χ3v) is 1.73. The van der Waals surface area contributed by atoms with Crippen molar-refractivity contribution in [1.29, 1.82) is 0 Å². The summed E-state index contributed by atoms with van der Waals surface area (Å²) in [6.07, 6.45) is -0.611. The number of alkyl carbamates (subject to hydrolysis) is 1. The van der Waals surface area contributed by atoms with E-state index in [4.69, 9.17) is 9.57 Å². The van der Waals surface area contributed by atoms with E-state index in [1.807, 2.05) is 0 Å². The first-order valence-corrected chi connectivity index (χ1v) is 4.69. The standard InChI is InChI=1S/C9H16N2O4/c1-9(2,3)15-8(13)10-6-5-14-11(4)7(6)12/h6H,5H2,1-4H3,(H,10,13). The number of nitrogens with zero attached hydrogens (tertiary/aromatic N) is 1. The van der Waals surface area contributed by atoms with Gasteiger partial charge in [0, 0.05) is 7.05 Å². The summed E-state index contributed by atoms with van der Waals surface area (Å²) in [5.74, 6) is -0.277. The zero-order valence-electron chi connectivity index (χ0n) is 9.36. The summed E-state index contributed by atoms with van der Waals surface area (Å²) >= 11 is 0. The molecule has 0 saturated carbocycles. The Labute approximate surface area is 88.5 Å². The Balaban J connectivity index is 2.43. The first kappa shape index (κ1) is 11.8. The Kier molecular flexibility index (Phi) is 3.18. The van der Waals surface area contributed by atoms with Gasteiger partial charge in [-0.25, -0.2) is 9.86 Å². The molecule has 1 rings (SSSR count). The van der Waals surface area contributed by atoms with E-state index >= 15 is 0 Å². The maximum Gasteiger partial charge on any atom is 0.408 e. The van der Waals surface area contributed by atoms with Gasteiger partial charge in [-0.2, -0.15) is 0 Å². The van der Waals surface area contributed by atoms with E-state index in [-0.39, 0.29) is 12.5 Å². The second-order valence-electron chi connectivity index (χ2n) is 4.33. The van der Waals surface area contributed by atoms with E-state index in [0.717, 1.165) is 5.06 Å². The van der Waals surface area contributed by atoms with Gasteiger partial charge in [-0.1, -0.05) is 0 Å². The van der Waals surface area contributed by atoms with Gasteiger partial charge in [0.15, 0.2) is 0 Å². The number of hydrogen-bond acceptors (Lipinski definition) is 4. The number of carbonyl (C=O) groups excluding carboxylic acids is 2. The molecule has 1 unspecified atom stereocenters. The molecule has 0 aromatic rings. The van der Waals surface area contributed by atoms with Gasteiger partial charge >= 0.3 is 6.09 Å². The van der Waals surface area contributed by atoms with Gasteiger partial charge in [0.25, 0.3) is 5.91 Å². The molecule has 0 bridgehead atoms. The molecule has 1 saturated heterocycles. The molecular weight excluding hydrogens is 200 g/mol. The smallest absolute Gasteiger partial charge is 0.408 e. The van der Waals surface area contributed by atoms with E-state index < -0.39 is 17.7 Å². The molecule has 6 heteroatoms. The largest absolute Gasteiger partial charge is 0.444 e. The van der Waals surface area contributed by atoms with Crippen LogP contribution in [0.4, 0.5) is 4.79 Å². The zero-order chi connectivity index (χ0) is 11.6. The fourth-order valence-electron chi connectivity index (χ4n) is 1.09. The third-order valence-electron chi connectivity index (χ3n) is 1.73. The molecule has 15 heavy (non-hydrogen) atoms. The fourth-order valence-corrected chi connectivity index (χ4v) is 1.09. The predicted octanol–water partition coefficient (Wildman–Crippen LogP) is 0.283. The Bertz CT molecular complexity index is 272. The molecule has 0 radical (unpaired) electrons. The van der Waals surface area contributed by atoms with Gasteiger partial charge in [-0.15, -0.1) is 0 Å². The van der Waals surface area contributed by atoms with Gasteiger partial charge in [0.2, 0.25) is 0 Å². The zero-order valence-corrected chi connectivity index (χ0v) is 9.36. The molecule has 1 atom stereocenters. The van der Waals surface area contributed by atoms with Crippen LogP contribution in [-0.4, -0.2) is 42.4 Å². The van der Waals surface area contributed by atoms with Gasteiger partial charge < -0.3 is 10.1 Å². The first-order chi connectivity index (χ1) is 6.79. The van der Waals surface area contributed by atoms with Crippen molar-refractivity contribution in [3.63, 3.8) is 0 Å². The van der Waals surface area contributed by atoms with Crippen LogP contribution in [-0.2, 0) is 14.4 Å². The summed E-state index contributed by atoms with van der Waals surface area (Å²) < 4.78 is 5.01. The minimum atomic E-state index is -0.648. The Morgan fingerprint density at radius 1 is 1.60 bits per heavy atom. The quantitative estimate of drug-likeness (QED) is 0.683. The summed E-state index contributed by atoms with van der Waals surface area (Å²) in [4.78, 5) is 27.6. The maximum absolute atomic E-state index is 11.3. The van der Waals surface area contributed by atoms with E-state index in [2.05, 4.69) is 5.32 Å². The molecule has 1 N–H and O–H groups in total. The SMILES string of the molecule is CN1OCC(NC(=O)OC(C)(C)C)C1=O. The fraction of sp³-hybridized carbons (Fsp3) is 0.778. The minimum absolute atomic E-state index is 0.147. The average molecular weight is 216 g/mol. The lowest BCUT2D eigenvalue weighted by Crippen LogP contribution is -2.44. The van der Waals surface area contributed by atoms with E-state index in [0.29, 0.717) is 0 Å². The monoisotopic (exact) mass is 216 g/mol. The molecule has 1 aliphatic rings. The lowest BCUT2D eigenvalue weighted by Gasteiger charge is -2.20. The van der Waals surface area contributed by atoms with Crippen LogP contribution >= 0.6 is 0 Å². The highest BCUT2D eigenvalue weighted by molar-refractivity contribution is 5.86. The van der Waals surface area contributed by atoms with Crippen molar-refractivity contribution in [2.45, 2.75) is 32.4 Å². The normalized spacial score (nSPS) is 21.7. The molecule has 1 aliphatic heterocycles. The van der Waals surface area contributed by atoms with Crippen molar-refractivity contribution in [3.8, 4) is 0 Å². The number of hydrogen-bond donors (Lipinski definition) is 1. The number of ether oxygens (including phenoxy) is 1. The number of amides is 2. The van der Waals surface area contributed by atoms with Crippen molar-refractivity contribution in [2.75, 3.05) is 13.7 Å². The molecule has 1 fully saturated rings. The van der Waals surface area contributed by atoms with Gasteiger partial charge in [-0.05, 0) is 20.8 Å². The first-order valence-electron chi connectivity index (χ1n) is 4.69. The molecule has 6 nitrogen and oxygen atoms in total. The van der Waals surface area contributed by atoms with Gasteiger partial charge in [0.05, 0.1) is 0 Å². The second-order valence-corrected chi connectivity index (χ2v) is 4.33. The summed E-state index contributed by atoms with van der Waals surface area (Å²) in [6, 6.07) is -0.648. The number of hydroxylamine groups is 2. The molecule has 86 valence electrons. The maximum atomic E-state index is 11.3. The molecule has 0 aliphatic carbocycles. The number of rotatable bonds is 1. The minimum Gasteiger partial charge on any atom is -0.444 e. The van der Waals surface area contributed by atoms with Crippen LogP contribution in [0, 0.1) is 0 Å². The van der Waals surface area contributed by atoms with Crippen LogP contribution in [0.25, 0.3) is 0 Å². The highest BCUT2D eigenvalue weighted by atomic mass is 16.7. The van der Waals surface area contributed by atoms with Crippen molar-refractivity contribution < 1.29 is 19.2 Å². The van der Waals surface area contributed by atoms with Crippen molar-refractivity contribution >= 4 is 12.0 Å². The topological polar surface area (TPSA) is 67.9 Å². The molecule has 0 spiro atoms. The van der Waals surface area contributed by atoms with E-state index in [1.54, 1.807) is 20.8 Å². The predicted molar refractivity (Wildman–Crippen MR) is 51.9 cm³/mol. The number of carbonyl (C=O) groups is 2. The van der Waals surface area contributed by atoms with Gasteiger partial charge in [-0.3, -0.25) is 9.63 Å².